The Morgan fingerprint density at radius 2 is 1.93 bits per heavy atom. The minimum absolute atomic E-state index is 0.0171. The van der Waals surface area contributed by atoms with Crippen molar-refractivity contribution in [1.82, 2.24) is 0 Å². The summed E-state index contributed by atoms with van der Waals surface area (Å²) in [5.74, 6) is -0.637. The number of para-hydroxylation sites is 1. The average Bonchev–Trinajstić information content (AvgIpc) is 2.68. The first kappa shape index (κ1) is 20.7. The molecule has 0 aromatic heterocycles. The molecule has 2 amide bonds. The van der Waals surface area contributed by atoms with Crippen LogP contribution in [0.15, 0.2) is 42.5 Å². The number of benzene rings is 2. The third-order valence-electron chi connectivity index (χ3n) is 4.51. The van der Waals surface area contributed by atoms with Gasteiger partial charge in [0.25, 0.3) is 5.91 Å². The monoisotopic (exact) mass is 416 g/mol. The maximum absolute atomic E-state index is 12.8. The smallest absolute Gasteiger partial charge is 0.339 e. The highest BCUT2D eigenvalue weighted by Crippen LogP contribution is 2.39. The number of carbonyl (C=O) groups is 3. The predicted octanol–water partition coefficient (Wildman–Crippen LogP) is 3.66. The lowest BCUT2D eigenvalue weighted by molar-refractivity contribution is -0.132. The summed E-state index contributed by atoms with van der Waals surface area (Å²) in [5, 5.41) is 3.16. The Balaban J connectivity index is 1.76. The molecule has 1 aliphatic rings. The number of halogens is 1. The minimum Gasteiger partial charge on any atom is -0.476 e. The molecule has 0 aliphatic carbocycles. The normalized spacial score (nSPS) is 14.6. The van der Waals surface area contributed by atoms with Crippen molar-refractivity contribution in [2.24, 2.45) is 0 Å². The van der Waals surface area contributed by atoms with Gasteiger partial charge < -0.3 is 19.7 Å². The van der Waals surface area contributed by atoms with Gasteiger partial charge in [0.2, 0.25) is 5.91 Å². The van der Waals surface area contributed by atoms with E-state index in [4.69, 9.17) is 21.1 Å². The van der Waals surface area contributed by atoms with Crippen LogP contribution in [-0.4, -0.2) is 37.0 Å². The van der Waals surface area contributed by atoms with Crippen molar-refractivity contribution < 1.29 is 23.9 Å². The van der Waals surface area contributed by atoms with Gasteiger partial charge in [0.05, 0.1) is 24.0 Å². The first-order valence-corrected chi connectivity index (χ1v) is 9.38. The van der Waals surface area contributed by atoms with Crippen LogP contribution in [0, 0.1) is 0 Å². The highest BCUT2D eigenvalue weighted by Gasteiger charge is 2.40. The van der Waals surface area contributed by atoms with Gasteiger partial charge in [0.15, 0.2) is 5.60 Å². The second kappa shape index (κ2) is 8.13. The molecule has 3 rings (SSSR count). The number of nitrogens with one attached hydrogen (secondary N) is 1. The number of esters is 1. The summed E-state index contributed by atoms with van der Waals surface area (Å²) in [6.45, 7) is 3.48. The fourth-order valence-corrected chi connectivity index (χ4v) is 3.24. The first-order chi connectivity index (χ1) is 13.7. The lowest BCUT2D eigenvalue weighted by Gasteiger charge is -2.38. The molecule has 0 spiro atoms. The summed E-state index contributed by atoms with van der Waals surface area (Å²) in [6.07, 6.45) is 0.0171. The van der Waals surface area contributed by atoms with Crippen molar-refractivity contribution in [1.29, 1.82) is 0 Å². The molecule has 2 aromatic carbocycles. The van der Waals surface area contributed by atoms with Gasteiger partial charge in [-0.05, 0) is 44.2 Å². The van der Waals surface area contributed by atoms with Gasteiger partial charge in [-0.25, -0.2) is 4.79 Å². The molecule has 1 N–H and O–H groups in total. The number of fused-ring (bicyclic) bond motifs is 1. The Bertz CT molecular complexity index is 973. The fourth-order valence-electron chi connectivity index (χ4n) is 3.07. The zero-order valence-corrected chi connectivity index (χ0v) is 17.1. The summed E-state index contributed by atoms with van der Waals surface area (Å²) < 4.78 is 10.5. The van der Waals surface area contributed by atoms with E-state index in [2.05, 4.69) is 5.32 Å². The second-order valence-corrected chi connectivity index (χ2v) is 7.45. The van der Waals surface area contributed by atoms with Crippen molar-refractivity contribution in [2.75, 3.05) is 23.9 Å². The molecule has 152 valence electrons. The average molecular weight is 417 g/mol. The lowest BCUT2D eigenvalue weighted by Crippen LogP contribution is -2.53. The first-order valence-electron chi connectivity index (χ1n) is 9.00. The number of carbonyl (C=O) groups excluding carboxylic acids is 3. The molecule has 0 fully saturated rings. The number of amides is 2. The highest BCUT2D eigenvalue weighted by molar-refractivity contribution is 6.31. The number of anilines is 2. The molecule has 8 heteroatoms. The molecular formula is C21H21ClN2O5. The predicted molar refractivity (Wildman–Crippen MR) is 110 cm³/mol. The van der Waals surface area contributed by atoms with Crippen LogP contribution in [0.25, 0.3) is 0 Å². The molecular weight excluding hydrogens is 396 g/mol. The van der Waals surface area contributed by atoms with E-state index in [1.165, 1.54) is 12.0 Å². The van der Waals surface area contributed by atoms with Crippen molar-refractivity contribution >= 4 is 40.8 Å². The molecule has 29 heavy (non-hydrogen) atoms. The van der Waals surface area contributed by atoms with Gasteiger partial charge in [0, 0.05) is 18.0 Å². The lowest BCUT2D eigenvalue weighted by atomic mass is 10.0. The molecule has 0 atom stereocenters. The maximum Gasteiger partial charge on any atom is 0.339 e. The Kier molecular flexibility index (Phi) is 5.79. The van der Waals surface area contributed by atoms with Gasteiger partial charge in [-0.2, -0.15) is 0 Å². The minimum atomic E-state index is -1.06. The Labute approximate surface area is 173 Å². The van der Waals surface area contributed by atoms with Crippen LogP contribution in [0.1, 0.15) is 30.6 Å². The van der Waals surface area contributed by atoms with Crippen molar-refractivity contribution in [3.05, 3.63) is 53.1 Å². The molecule has 0 bridgehead atoms. The summed E-state index contributed by atoms with van der Waals surface area (Å²) >= 11 is 6.07. The molecule has 1 aliphatic heterocycles. The molecule has 1 heterocycles. The van der Waals surface area contributed by atoms with E-state index in [-0.39, 0.29) is 30.3 Å². The fraction of sp³-hybridized carbons (Fsp3) is 0.286. The number of methoxy groups -OCH3 is 1. The van der Waals surface area contributed by atoms with E-state index in [1.54, 1.807) is 56.3 Å². The summed E-state index contributed by atoms with van der Waals surface area (Å²) in [7, 11) is 1.27. The van der Waals surface area contributed by atoms with Gasteiger partial charge in [-0.15, -0.1) is 0 Å². The van der Waals surface area contributed by atoms with Crippen LogP contribution in [0.2, 0.25) is 5.02 Å². The number of hydrogen-bond donors (Lipinski definition) is 1. The third kappa shape index (κ3) is 4.35. The summed E-state index contributed by atoms with van der Waals surface area (Å²) in [6, 6.07) is 11.6. The van der Waals surface area contributed by atoms with Gasteiger partial charge in [0.1, 0.15) is 5.75 Å². The van der Waals surface area contributed by atoms with Crippen LogP contribution in [0.5, 0.6) is 5.75 Å². The Hall–Kier alpha value is -3.06. The van der Waals surface area contributed by atoms with Gasteiger partial charge in [-0.1, -0.05) is 23.7 Å². The van der Waals surface area contributed by atoms with E-state index < -0.39 is 11.6 Å². The highest BCUT2D eigenvalue weighted by atomic mass is 35.5. The Morgan fingerprint density at radius 3 is 2.66 bits per heavy atom. The van der Waals surface area contributed by atoms with E-state index in [0.29, 0.717) is 22.1 Å². The van der Waals surface area contributed by atoms with Crippen molar-refractivity contribution in [3.63, 3.8) is 0 Å². The van der Waals surface area contributed by atoms with Crippen molar-refractivity contribution in [2.45, 2.75) is 25.9 Å². The third-order valence-corrected chi connectivity index (χ3v) is 4.74. The van der Waals surface area contributed by atoms with Gasteiger partial charge in [-0.3, -0.25) is 9.59 Å². The van der Waals surface area contributed by atoms with E-state index >= 15 is 0 Å². The van der Waals surface area contributed by atoms with Crippen molar-refractivity contribution in [3.8, 4) is 5.75 Å². The van der Waals surface area contributed by atoms with Crippen LogP contribution < -0.4 is 15.0 Å². The topological polar surface area (TPSA) is 84.9 Å². The molecule has 0 saturated carbocycles. The largest absolute Gasteiger partial charge is 0.476 e. The molecule has 7 nitrogen and oxygen atoms in total. The standard InChI is InChI=1S/C21H21ClN2O5/c1-21(2)20(27)24(16-12-13(22)8-9-17(16)29-21)11-10-18(25)23-15-7-5-4-6-14(15)19(26)28-3/h4-9,12H,10-11H2,1-3H3,(H,23,25). The Morgan fingerprint density at radius 1 is 1.21 bits per heavy atom. The van der Waals surface area contributed by atoms with Gasteiger partial charge >= 0.3 is 5.97 Å². The zero-order chi connectivity index (χ0) is 21.2. The van der Waals surface area contributed by atoms with Crippen LogP contribution in [0.3, 0.4) is 0 Å². The van der Waals surface area contributed by atoms with Crippen LogP contribution in [-0.2, 0) is 14.3 Å². The zero-order valence-electron chi connectivity index (χ0n) is 16.3. The number of ether oxygens (including phenoxy) is 2. The number of hydrogen-bond acceptors (Lipinski definition) is 5. The maximum atomic E-state index is 12.8. The second-order valence-electron chi connectivity index (χ2n) is 7.02. The number of rotatable bonds is 5. The van der Waals surface area contributed by atoms with E-state index in [0.717, 1.165) is 0 Å². The van der Waals surface area contributed by atoms with Crippen LogP contribution >= 0.6 is 11.6 Å². The van der Waals surface area contributed by atoms with Crippen LogP contribution in [0.4, 0.5) is 11.4 Å². The molecule has 2 aromatic rings. The molecule has 0 saturated heterocycles. The molecule has 0 unspecified atom stereocenters. The SMILES string of the molecule is COC(=O)c1ccccc1NC(=O)CCN1C(=O)C(C)(C)Oc2ccc(Cl)cc21. The summed E-state index contributed by atoms with van der Waals surface area (Å²) in [4.78, 5) is 38.7. The quantitative estimate of drug-likeness (QED) is 0.752. The van der Waals surface area contributed by atoms with E-state index in [1.807, 2.05) is 0 Å². The number of nitrogens with zero attached hydrogens (tertiary/aromatic N) is 1. The summed E-state index contributed by atoms with van der Waals surface area (Å²) in [5.41, 5.74) is 0.0597. The van der Waals surface area contributed by atoms with E-state index in [9.17, 15) is 14.4 Å². The molecule has 0 radical (unpaired) electrons.